The van der Waals surface area contributed by atoms with E-state index in [-0.39, 0.29) is 18.0 Å². The molecule has 1 aliphatic heterocycles. The molecule has 0 N–H and O–H groups in total. The van der Waals surface area contributed by atoms with Crippen LogP contribution in [-0.2, 0) is 22.6 Å². The van der Waals surface area contributed by atoms with Crippen molar-refractivity contribution in [3.63, 3.8) is 0 Å². The molecule has 1 fully saturated rings. The van der Waals surface area contributed by atoms with Crippen LogP contribution in [-0.4, -0.2) is 5.97 Å². The summed E-state index contributed by atoms with van der Waals surface area (Å²) in [5, 5.41) is 0. The van der Waals surface area contributed by atoms with E-state index in [1.165, 1.54) is 20.3 Å². The minimum Gasteiger partial charge on any atom is -0.489 e. The second kappa shape index (κ2) is 6.87. The van der Waals surface area contributed by atoms with Crippen LogP contribution in [0.5, 0.6) is 5.75 Å². The van der Waals surface area contributed by atoms with Gasteiger partial charge < -0.3 is 9.47 Å². The lowest BCUT2D eigenvalue weighted by Gasteiger charge is -2.31. The summed E-state index contributed by atoms with van der Waals surface area (Å²) in [6, 6.07) is 10.5. The number of benzene rings is 2. The van der Waals surface area contributed by atoms with Crippen LogP contribution in [0.15, 0.2) is 30.3 Å². The summed E-state index contributed by atoms with van der Waals surface area (Å²) in [7, 11) is 0. The number of esters is 1. The molecule has 0 radical (unpaired) electrons. The van der Waals surface area contributed by atoms with Gasteiger partial charge >= 0.3 is 5.97 Å². The van der Waals surface area contributed by atoms with Gasteiger partial charge in [0.15, 0.2) is 0 Å². The molecule has 136 valence electrons. The number of rotatable bonds is 3. The van der Waals surface area contributed by atoms with Gasteiger partial charge in [0.2, 0.25) is 0 Å². The molecule has 0 aromatic heterocycles. The summed E-state index contributed by atoms with van der Waals surface area (Å²) in [5.41, 5.74) is 6.04. The molecule has 0 bridgehead atoms. The zero-order valence-corrected chi connectivity index (χ0v) is 17.5. The number of hydrogen-bond donors (Lipinski definition) is 0. The van der Waals surface area contributed by atoms with Crippen LogP contribution >= 0.6 is 22.6 Å². The van der Waals surface area contributed by atoms with Gasteiger partial charge in [0, 0.05) is 15.1 Å². The van der Waals surface area contributed by atoms with E-state index in [1.54, 1.807) is 0 Å². The van der Waals surface area contributed by atoms with Crippen LogP contribution in [0.3, 0.4) is 0 Å². The van der Waals surface area contributed by atoms with Gasteiger partial charge in [-0.3, -0.25) is 4.79 Å². The Morgan fingerprint density at radius 1 is 1.27 bits per heavy atom. The second-order valence-electron chi connectivity index (χ2n) is 7.48. The first kappa shape index (κ1) is 17.8. The number of ether oxygens (including phenoxy) is 2. The topological polar surface area (TPSA) is 35.5 Å². The van der Waals surface area contributed by atoms with Gasteiger partial charge in [-0.15, -0.1) is 0 Å². The van der Waals surface area contributed by atoms with Gasteiger partial charge in [-0.2, -0.15) is 0 Å². The van der Waals surface area contributed by atoms with Crippen molar-refractivity contribution in [3.05, 3.63) is 61.7 Å². The van der Waals surface area contributed by atoms with Crippen molar-refractivity contribution >= 4 is 28.6 Å². The molecule has 1 aliphatic carbocycles. The summed E-state index contributed by atoms with van der Waals surface area (Å²) < 4.78 is 13.2. The largest absolute Gasteiger partial charge is 0.489 e. The lowest BCUT2D eigenvalue weighted by atomic mass is 9.74. The monoisotopic (exact) mass is 462 g/mol. The number of aryl methyl sites for hydroxylation is 1. The molecular weight excluding hydrogens is 439 g/mol. The molecule has 2 aliphatic rings. The molecule has 4 heteroatoms. The first-order chi connectivity index (χ1) is 12.5. The van der Waals surface area contributed by atoms with Crippen molar-refractivity contribution in [3.8, 4) is 5.75 Å². The lowest BCUT2D eigenvalue weighted by Crippen LogP contribution is -2.22. The van der Waals surface area contributed by atoms with Gasteiger partial charge in [0.1, 0.15) is 18.5 Å². The molecule has 0 amide bonds. The highest BCUT2D eigenvalue weighted by Gasteiger charge is 2.46. The molecule has 2 aromatic carbocycles. The maximum atomic E-state index is 12.1. The predicted octanol–water partition coefficient (Wildman–Crippen LogP) is 5.28. The van der Waals surface area contributed by atoms with Gasteiger partial charge in [-0.1, -0.05) is 19.1 Å². The molecule has 0 saturated carbocycles. The van der Waals surface area contributed by atoms with Gasteiger partial charge in [0.25, 0.3) is 0 Å². The maximum Gasteiger partial charge on any atom is 0.309 e. The van der Waals surface area contributed by atoms with E-state index in [0.29, 0.717) is 12.5 Å². The number of fused-ring (bicyclic) bond motifs is 3. The molecule has 2 aromatic rings. The first-order valence-corrected chi connectivity index (χ1v) is 10.2. The van der Waals surface area contributed by atoms with E-state index < -0.39 is 0 Å². The van der Waals surface area contributed by atoms with Crippen molar-refractivity contribution in [2.45, 2.75) is 46.3 Å². The Kier molecular flexibility index (Phi) is 4.71. The standard InChI is InChI=1S/C22H23IO3/c1-12-9-19(25-11-15-5-4-6-16(23)10-15)14(3)20-17(12)7-8-18-13(2)22(24)26-21(18)20/h4-6,9-10,13,18,21H,7-8,11H2,1-3H3/t13?,18-,21?/m0/s1. The predicted molar refractivity (Wildman–Crippen MR) is 109 cm³/mol. The fraction of sp³-hybridized carbons (Fsp3) is 0.409. The van der Waals surface area contributed by atoms with Crippen molar-refractivity contribution in [1.29, 1.82) is 0 Å². The second-order valence-corrected chi connectivity index (χ2v) is 8.72. The van der Waals surface area contributed by atoms with Gasteiger partial charge in [0.05, 0.1) is 5.92 Å². The van der Waals surface area contributed by atoms with Gasteiger partial charge in [-0.25, -0.2) is 0 Å². The molecule has 26 heavy (non-hydrogen) atoms. The summed E-state index contributed by atoms with van der Waals surface area (Å²) in [4.78, 5) is 12.1. The van der Waals surface area contributed by atoms with E-state index in [4.69, 9.17) is 9.47 Å². The van der Waals surface area contributed by atoms with E-state index >= 15 is 0 Å². The Morgan fingerprint density at radius 3 is 2.85 bits per heavy atom. The van der Waals surface area contributed by atoms with E-state index in [1.807, 2.05) is 6.92 Å². The Hall–Kier alpha value is -1.56. The van der Waals surface area contributed by atoms with Crippen molar-refractivity contribution < 1.29 is 14.3 Å². The molecule has 4 rings (SSSR count). The van der Waals surface area contributed by atoms with Crippen LogP contribution in [0.4, 0.5) is 0 Å². The lowest BCUT2D eigenvalue weighted by molar-refractivity contribution is -0.144. The molecule has 3 nitrogen and oxygen atoms in total. The highest BCUT2D eigenvalue weighted by Crippen LogP contribution is 2.49. The molecule has 1 heterocycles. The van der Waals surface area contributed by atoms with E-state index in [9.17, 15) is 4.79 Å². The highest BCUT2D eigenvalue weighted by molar-refractivity contribution is 14.1. The van der Waals surface area contributed by atoms with Gasteiger partial charge in [-0.05, 0) is 89.7 Å². The van der Waals surface area contributed by atoms with Crippen LogP contribution in [0.25, 0.3) is 0 Å². The third kappa shape index (κ3) is 3.02. The van der Waals surface area contributed by atoms with Crippen molar-refractivity contribution in [1.82, 2.24) is 0 Å². The van der Waals surface area contributed by atoms with Crippen LogP contribution in [0.2, 0.25) is 0 Å². The van der Waals surface area contributed by atoms with Crippen molar-refractivity contribution in [2.24, 2.45) is 11.8 Å². The fourth-order valence-corrected chi connectivity index (χ4v) is 4.97. The van der Waals surface area contributed by atoms with Crippen LogP contribution < -0.4 is 4.74 Å². The summed E-state index contributed by atoms with van der Waals surface area (Å²) in [5.74, 6) is 1.12. The van der Waals surface area contributed by atoms with E-state index in [2.05, 4.69) is 66.8 Å². The summed E-state index contributed by atoms with van der Waals surface area (Å²) in [6.45, 7) is 6.77. The average Bonchev–Trinajstić information content (AvgIpc) is 2.91. The number of hydrogen-bond acceptors (Lipinski definition) is 3. The molecular formula is C22H23IO3. The third-order valence-corrected chi connectivity index (χ3v) is 6.53. The minimum atomic E-state index is -0.110. The minimum absolute atomic E-state index is 0.0103. The highest BCUT2D eigenvalue weighted by atomic mass is 127. The number of carbonyl (C=O) groups excluding carboxylic acids is 1. The maximum absolute atomic E-state index is 12.1. The molecule has 3 atom stereocenters. The number of halogens is 1. The summed E-state index contributed by atoms with van der Waals surface area (Å²) in [6.07, 6.45) is 1.93. The normalized spacial score (nSPS) is 24.0. The SMILES string of the molecule is Cc1cc(OCc2cccc(I)c2)c(C)c2c1CC[C@H]1C(C)C(=O)OC21. The summed E-state index contributed by atoms with van der Waals surface area (Å²) >= 11 is 2.32. The molecule has 2 unspecified atom stereocenters. The molecule has 0 spiro atoms. The Balaban J connectivity index is 1.67. The van der Waals surface area contributed by atoms with Crippen LogP contribution in [0, 0.1) is 29.3 Å². The Bertz CT molecular complexity index is 874. The Labute approximate surface area is 168 Å². The van der Waals surface area contributed by atoms with E-state index in [0.717, 1.165) is 29.7 Å². The smallest absolute Gasteiger partial charge is 0.309 e. The Morgan fingerprint density at radius 2 is 2.08 bits per heavy atom. The van der Waals surface area contributed by atoms with Crippen LogP contribution in [0.1, 0.15) is 47.3 Å². The number of carbonyl (C=O) groups is 1. The fourth-order valence-electron chi connectivity index (χ4n) is 4.36. The third-order valence-electron chi connectivity index (χ3n) is 5.86. The molecule has 1 saturated heterocycles. The average molecular weight is 462 g/mol. The first-order valence-electron chi connectivity index (χ1n) is 9.16. The zero-order chi connectivity index (χ0) is 18.4. The zero-order valence-electron chi connectivity index (χ0n) is 15.3. The quantitative estimate of drug-likeness (QED) is 0.460. The van der Waals surface area contributed by atoms with Crippen molar-refractivity contribution in [2.75, 3.05) is 0 Å².